The molecule has 0 bridgehead atoms. The zero-order chi connectivity index (χ0) is 18.7. The topological polar surface area (TPSA) is 58.6 Å². The second-order valence-electron chi connectivity index (χ2n) is 8.04. The Kier molecular flexibility index (Phi) is 5.54. The summed E-state index contributed by atoms with van der Waals surface area (Å²) in [6.07, 6.45) is 5.39. The highest BCUT2D eigenvalue weighted by atomic mass is 16.5. The Labute approximate surface area is 156 Å². The summed E-state index contributed by atoms with van der Waals surface area (Å²) in [6.45, 7) is 4.60. The largest absolute Gasteiger partial charge is 0.497 e. The van der Waals surface area contributed by atoms with Crippen LogP contribution in [0.1, 0.15) is 57.9 Å². The molecule has 0 radical (unpaired) electrons. The average Bonchev–Trinajstić information content (AvgIpc) is 2.93. The summed E-state index contributed by atoms with van der Waals surface area (Å²) in [5.74, 6) is 1.54. The van der Waals surface area contributed by atoms with Gasteiger partial charge in [-0.3, -0.25) is 9.59 Å². The zero-order valence-corrected chi connectivity index (χ0v) is 16.1. The fourth-order valence-electron chi connectivity index (χ4n) is 4.09. The first-order chi connectivity index (χ1) is 12.4. The third-order valence-corrected chi connectivity index (χ3v) is 6.04. The smallest absolute Gasteiger partial charge is 0.245 e. The molecule has 1 saturated carbocycles. The molecule has 1 aromatic carbocycles. The van der Waals surface area contributed by atoms with Crippen LogP contribution in [0.15, 0.2) is 24.3 Å². The monoisotopic (exact) mass is 358 g/mol. The second kappa shape index (κ2) is 7.68. The maximum Gasteiger partial charge on any atom is 0.245 e. The summed E-state index contributed by atoms with van der Waals surface area (Å²) in [5, 5.41) is 3.22. The van der Waals surface area contributed by atoms with Gasteiger partial charge >= 0.3 is 0 Å². The molecule has 1 heterocycles. The molecule has 5 nitrogen and oxygen atoms in total. The van der Waals surface area contributed by atoms with Crippen LogP contribution in [0.25, 0.3) is 0 Å². The van der Waals surface area contributed by atoms with Crippen molar-refractivity contribution in [1.29, 1.82) is 0 Å². The number of benzene rings is 1. The van der Waals surface area contributed by atoms with E-state index >= 15 is 0 Å². The molecule has 1 atom stereocenters. The van der Waals surface area contributed by atoms with Crippen molar-refractivity contribution >= 4 is 11.8 Å². The van der Waals surface area contributed by atoms with Crippen molar-refractivity contribution in [1.82, 2.24) is 10.2 Å². The molecule has 3 rings (SSSR count). The van der Waals surface area contributed by atoms with Gasteiger partial charge < -0.3 is 15.0 Å². The maximum absolute atomic E-state index is 13.1. The summed E-state index contributed by atoms with van der Waals surface area (Å²) in [7, 11) is 1.63. The predicted molar refractivity (Wildman–Crippen MR) is 101 cm³/mol. The fraction of sp³-hybridized carbons (Fsp3) is 0.619. The van der Waals surface area contributed by atoms with Crippen LogP contribution in [0.2, 0.25) is 0 Å². The van der Waals surface area contributed by atoms with E-state index in [9.17, 15) is 9.59 Å². The van der Waals surface area contributed by atoms with E-state index in [4.69, 9.17) is 4.74 Å². The summed E-state index contributed by atoms with van der Waals surface area (Å²) in [6, 6.07) is 7.92. The third-order valence-electron chi connectivity index (χ3n) is 6.04. The van der Waals surface area contributed by atoms with Gasteiger partial charge in [-0.2, -0.15) is 0 Å². The molecule has 1 aliphatic heterocycles. The fourth-order valence-corrected chi connectivity index (χ4v) is 4.09. The van der Waals surface area contributed by atoms with Crippen LogP contribution in [0.5, 0.6) is 5.75 Å². The van der Waals surface area contributed by atoms with Gasteiger partial charge in [0.05, 0.1) is 7.11 Å². The standard InChI is InChI=1S/C21H30N2O3/c1-15-7-9-17(10-8-15)22-20(25)21(2)12-11-19(24)23(21)14-16-5-4-6-18(13-16)26-3/h4-6,13,15,17H,7-12,14H2,1-3H3,(H,22,25). The van der Waals surface area contributed by atoms with Crippen molar-refractivity contribution in [2.45, 2.75) is 70.5 Å². The molecule has 1 saturated heterocycles. The number of rotatable bonds is 5. The van der Waals surface area contributed by atoms with Gasteiger partial charge in [0.15, 0.2) is 0 Å². The molecule has 1 aliphatic carbocycles. The highest BCUT2D eigenvalue weighted by Gasteiger charge is 2.47. The number of carbonyl (C=O) groups excluding carboxylic acids is 2. The summed E-state index contributed by atoms with van der Waals surface area (Å²) in [4.78, 5) is 27.3. The Bertz CT molecular complexity index is 667. The van der Waals surface area contributed by atoms with Gasteiger partial charge in [-0.25, -0.2) is 0 Å². The molecule has 1 N–H and O–H groups in total. The number of hydrogen-bond acceptors (Lipinski definition) is 3. The number of carbonyl (C=O) groups is 2. The molecule has 2 aliphatic rings. The molecule has 0 spiro atoms. The summed E-state index contributed by atoms with van der Waals surface area (Å²) >= 11 is 0. The lowest BCUT2D eigenvalue weighted by atomic mass is 9.86. The molecule has 2 amide bonds. The van der Waals surface area contributed by atoms with Crippen LogP contribution in [0, 0.1) is 5.92 Å². The van der Waals surface area contributed by atoms with Gasteiger partial charge in [0, 0.05) is 19.0 Å². The molecule has 1 unspecified atom stereocenters. The van der Waals surface area contributed by atoms with Gasteiger partial charge in [0.1, 0.15) is 11.3 Å². The van der Waals surface area contributed by atoms with Crippen molar-refractivity contribution in [2.75, 3.05) is 7.11 Å². The lowest BCUT2D eigenvalue weighted by Gasteiger charge is -2.36. The molecule has 2 fully saturated rings. The Morgan fingerprint density at radius 3 is 2.73 bits per heavy atom. The Balaban J connectivity index is 1.71. The predicted octanol–water partition coefficient (Wildman–Crippen LogP) is 3.27. The number of likely N-dealkylation sites (tertiary alicyclic amines) is 1. The summed E-state index contributed by atoms with van der Waals surface area (Å²) < 4.78 is 5.27. The first-order valence-electron chi connectivity index (χ1n) is 9.67. The van der Waals surface area contributed by atoms with Crippen molar-refractivity contribution in [2.24, 2.45) is 5.92 Å². The van der Waals surface area contributed by atoms with Crippen molar-refractivity contribution in [3.05, 3.63) is 29.8 Å². The van der Waals surface area contributed by atoms with E-state index in [1.165, 1.54) is 0 Å². The Hall–Kier alpha value is -2.04. The van der Waals surface area contributed by atoms with Crippen LogP contribution in [0.4, 0.5) is 0 Å². The second-order valence-corrected chi connectivity index (χ2v) is 8.04. The molecule has 0 aromatic heterocycles. The summed E-state index contributed by atoms with van der Waals surface area (Å²) in [5.41, 5.74) is 0.202. The number of hydrogen-bond donors (Lipinski definition) is 1. The lowest BCUT2D eigenvalue weighted by molar-refractivity contribution is -0.141. The van der Waals surface area contributed by atoms with E-state index in [0.29, 0.717) is 19.4 Å². The quantitative estimate of drug-likeness (QED) is 0.879. The third kappa shape index (κ3) is 3.87. The first kappa shape index (κ1) is 18.7. The minimum absolute atomic E-state index is 0.00852. The highest BCUT2D eigenvalue weighted by Crippen LogP contribution is 2.33. The van der Waals surface area contributed by atoms with Gasteiger partial charge in [0.25, 0.3) is 0 Å². The average molecular weight is 358 g/mol. The van der Waals surface area contributed by atoms with Crippen LogP contribution in [0.3, 0.4) is 0 Å². The normalized spacial score (nSPS) is 28.9. The highest BCUT2D eigenvalue weighted by molar-refractivity contribution is 5.94. The van der Waals surface area contributed by atoms with Crippen molar-refractivity contribution < 1.29 is 14.3 Å². The molecule has 142 valence electrons. The van der Waals surface area contributed by atoms with Crippen molar-refractivity contribution in [3.63, 3.8) is 0 Å². The van der Waals surface area contributed by atoms with Crippen LogP contribution in [-0.4, -0.2) is 35.4 Å². The molecule has 5 heteroatoms. The van der Waals surface area contributed by atoms with E-state index in [1.807, 2.05) is 31.2 Å². The van der Waals surface area contributed by atoms with Gasteiger partial charge in [-0.1, -0.05) is 19.1 Å². The zero-order valence-electron chi connectivity index (χ0n) is 16.1. The molecular formula is C21H30N2O3. The molecular weight excluding hydrogens is 328 g/mol. The lowest BCUT2D eigenvalue weighted by Crippen LogP contribution is -2.56. The number of ether oxygens (including phenoxy) is 1. The van der Waals surface area contributed by atoms with E-state index in [0.717, 1.165) is 42.9 Å². The minimum atomic E-state index is -0.775. The van der Waals surface area contributed by atoms with Crippen LogP contribution >= 0.6 is 0 Å². The van der Waals surface area contributed by atoms with E-state index in [2.05, 4.69) is 12.2 Å². The van der Waals surface area contributed by atoms with E-state index < -0.39 is 5.54 Å². The van der Waals surface area contributed by atoms with Gasteiger partial charge in [0.2, 0.25) is 11.8 Å². The molecule has 1 aromatic rings. The van der Waals surface area contributed by atoms with E-state index in [1.54, 1.807) is 12.0 Å². The van der Waals surface area contributed by atoms with Gasteiger partial charge in [-0.05, 0) is 62.6 Å². The first-order valence-corrected chi connectivity index (χ1v) is 9.67. The maximum atomic E-state index is 13.1. The SMILES string of the molecule is COc1cccc(CN2C(=O)CCC2(C)C(=O)NC2CCC(C)CC2)c1. The van der Waals surface area contributed by atoms with Crippen LogP contribution < -0.4 is 10.1 Å². The number of methoxy groups -OCH3 is 1. The van der Waals surface area contributed by atoms with Gasteiger partial charge in [-0.15, -0.1) is 0 Å². The van der Waals surface area contributed by atoms with E-state index in [-0.39, 0.29) is 17.9 Å². The number of nitrogens with zero attached hydrogens (tertiary/aromatic N) is 1. The van der Waals surface area contributed by atoms with Crippen LogP contribution in [-0.2, 0) is 16.1 Å². The number of nitrogens with one attached hydrogen (secondary N) is 1. The van der Waals surface area contributed by atoms with Crippen molar-refractivity contribution in [3.8, 4) is 5.75 Å². The molecule has 26 heavy (non-hydrogen) atoms. The Morgan fingerprint density at radius 2 is 2.04 bits per heavy atom. The Morgan fingerprint density at radius 1 is 1.31 bits per heavy atom. The number of amides is 2. The minimum Gasteiger partial charge on any atom is -0.497 e.